The van der Waals surface area contributed by atoms with Crippen LogP contribution in [0, 0.1) is 5.92 Å². The highest BCUT2D eigenvalue weighted by atomic mass is 16.5. The van der Waals surface area contributed by atoms with E-state index in [2.05, 4.69) is 10.9 Å². The summed E-state index contributed by atoms with van der Waals surface area (Å²) in [6.07, 6.45) is 0.110. The fourth-order valence-electron chi connectivity index (χ4n) is 2.78. The van der Waals surface area contributed by atoms with Gasteiger partial charge in [0.05, 0.1) is 13.0 Å². The Hall–Kier alpha value is -3.35. The first-order chi connectivity index (χ1) is 12.6. The van der Waals surface area contributed by atoms with Crippen molar-refractivity contribution >= 4 is 23.4 Å². The molecule has 26 heavy (non-hydrogen) atoms. The maximum atomic E-state index is 12.3. The zero-order chi connectivity index (χ0) is 18.5. The van der Waals surface area contributed by atoms with Gasteiger partial charge in [0.2, 0.25) is 11.8 Å². The van der Waals surface area contributed by atoms with Crippen LogP contribution >= 0.6 is 0 Å². The fraction of sp³-hybridized carbons (Fsp3) is 0.211. The van der Waals surface area contributed by atoms with E-state index in [4.69, 9.17) is 4.74 Å². The molecule has 7 nitrogen and oxygen atoms in total. The summed E-state index contributed by atoms with van der Waals surface area (Å²) < 4.78 is 5.03. The van der Waals surface area contributed by atoms with Crippen LogP contribution in [0.2, 0.25) is 0 Å². The number of nitrogens with zero attached hydrogens (tertiary/aromatic N) is 1. The smallest absolute Gasteiger partial charge is 0.269 e. The van der Waals surface area contributed by atoms with Crippen LogP contribution in [-0.2, 0) is 9.59 Å². The van der Waals surface area contributed by atoms with Crippen molar-refractivity contribution in [2.24, 2.45) is 5.92 Å². The Bertz CT molecular complexity index is 805. The summed E-state index contributed by atoms with van der Waals surface area (Å²) >= 11 is 0. The van der Waals surface area contributed by atoms with Crippen LogP contribution in [0.25, 0.3) is 0 Å². The van der Waals surface area contributed by atoms with Gasteiger partial charge in [0.1, 0.15) is 5.75 Å². The molecule has 2 N–H and O–H groups in total. The summed E-state index contributed by atoms with van der Waals surface area (Å²) in [6.45, 7) is 0.285. The molecule has 1 heterocycles. The third-order valence-corrected chi connectivity index (χ3v) is 4.22. The first kappa shape index (κ1) is 17.5. The molecule has 134 valence electrons. The average Bonchev–Trinajstić information content (AvgIpc) is 3.08. The summed E-state index contributed by atoms with van der Waals surface area (Å²) in [5.74, 6) is -0.823. The van der Waals surface area contributed by atoms with E-state index in [0.717, 1.165) is 5.69 Å². The second-order valence-corrected chi connectivity index (χ2v) is 5.91. The van der Waals surface area contributed by atoms with Crippen molar-refractivity contribution in [2.45, 2.75) is 6.42 Å². The van der Waals surface area contributed by atoms with E-state index in [1.54, 1.807) is 29.2 Å². The minimum Gasteiger partial charge on any atom is -0.497 e. The largest absolute Gasteiger partial charge is 0.497 e. The van der Waals surface area contributed by atoms with Gasteiger partial charge in [-0.1, -0.05) is 18.2 Å². The SMILES string of the molecule is COc1ccc(C(=O)NNC(=O)[C@H]2CC(=O)N(c3ccccc3)C2)cc1. The van der Waals surface area contributed by atoms with Crippen LogP contribution in [0.15, 0.2) is 54.6 Å². The van der Waals surface area contributed by atoms with Gasteiger partial charge in [-0.2, -0.15) is 0 Å². The summed E-state index contributed by atoms with van der Waals surface area (Å²) in [5.41, 5.74) is 5.92. The maximum absolute atomic E-state index is 12.3. The number of hydrogen-bond acceptors (Lipinski definition) is 4. The molecular weight excluding hydrogens is 334 g/mol. The van der Waals surface area contributed by atoms with Gasteiger partial charge in [-0.15, -0.1) is 0 Å². The number of anilines is 1. The highest BCUT2D eigenvalue weighted by Crippen LogP contribution is 2.24. The van der Waals surface area contributed by atoms with Gasteiger partial charge in [0, 0.05) is 24.2 Å². The van der Waals surface area contributed by atoms with Gasteiger partial charge in [-0.3, -0.25) is 25.2 Å². The second kappa shape index (κ2) is 7.69. The van der Waals surface area contributed by atoms with Crippen LogP contribution in [0.1, 0.15) is 16.8 Å². The molecule has 1 aliphatic heterocycles. The number of amides is 3. The first-order valence-electron chi connectivity index (χ1n) is 8.18. The van der Waals surface area contributed by atoms with E-state index in [1.807, 2.05) is 30.3 Å². The lowest BCUT2D eigenvalue weighted by atomic mass is 10.1. The lowest BCUT2D eigenvalue weighted by molar-refractivity contribution is -0.126. The zero-order valence-electron chi connectivity index (χ0n) is 14.3. The third kappa shape index (κ3) is 3.83. The molecule has 0 bridgehead atoms. The highest BCUT2D eigenvalue weighted by Gasteiger charge is 2.35. The fourth-order valence-corrected chi connectivity index (χ4v) is 2.78. The van der Waals surface area contributed by atoms with Gasteiger partial charge in [-0.25, -0.2) is 0 Å². The van der Waals surface area contributed by atoms with Crippen LogP contribution in [0.5, 0.6) is 5.75 Å². The molecule has 7 heteroatoms. The second-order valence-electron chi connectivity index (χ2n) is 5.91. The number of methoxy groups -OCH3 is 1. The molecule has 2 aromatic carbocycles. The molecular formula is C19H19N3O4. The highest BCUT2D eigenvalue weighted by molar-refractivity contribution is 6.01. The van der Waals surface area contributed by atoms with Gasteiger partial charge in [-0.05, 0) is 36.4 Å². The molecule has 0 aromatic heterocycles. The molecule has 0 saturated carbocycles. The molecule has 0 unspecified atom stereocenters. The van der Waals surface area contributed by atoms with Crippen molar-refractivity contribution in [3.8, 4) is 5.75 Å². The summed E-state index contributed by atoms with van der Waals surface area (Å²) in [5, 5.41) is 0. The predicted octanol–water partition coefficient (Wildman–Crippen LogP) is 1.51. The van der Waals surface area contributed by atoms with Gasteiger partial charge >= 0.3 is 0 Å². The normalized spacial score (nSPS) is 16.3. The summed E-state index contributed by atoms with van der Waals surface area (Å²) in [7, 11) is 1.54. The Morgan fingerprint density at radius 1 is 1.04 bits per heavy atom. The zero-order valence-corrected chi connectivity index (χ0v) is 14.3. The number of benzene rings is 2. The number of hydrazine groups is 1. The van der Waals surface area contributed by atoms with Crippen molar-refractivity contribution in [3.63, 3.8) is 0 Å². The van der Waals surface area contributed by atoms with E-state index in [1.165, 1.54) is 7.11 Å². The van der Waals surface area contributed by atoms with Gasteiger partial charge in [0.15, 0.2) is 0 Å². The third-order valence-electron chi connectivity index (χ3n) is 4.22. The monoisotopic (exact) mass is 353 g/mol. The average molecular weight is 353 g/mol. The Kier molecular flexibility index (Phi) is 5.17. The molecule has 0 spiro atoms. The lowest BCUT2D eigenvalue weighted by Gasteiger charge is -2.16. The van der Waals surface area contributed by atoms with E-state index in [0.29, 0.717) is 11.3 Å². The predicted molar refractivity (Wildman–Crippen MR) is 95.5 cm³/mol. The Balaban J connectivity index is 1.55. The summed E-state index contributed by atoms with van der Waals surface area (Å²) in [6, 6.07) is 15.7. The van der Waals surface area contributed by atoms with Crippen molar-refractivity contribution in [1.29, 1.82) is 0 Å². The minimum atomic E-state index is -0.515. The Morgan fingerprint density at radius 3 is 2.38 bits per heavy atom. The number of hydrogen-bond donors (Lipinski definition) is 2. The number of rotatable bonds is 4. The lowest BCUT2D eigenvalue weighted by Crippen LogP contribution is -2.45. The molecule has 1 saturated heterocycles. The van der Waals surface area contributed by atoms with Crippen molar-refractivity contribution in [3.05, 3.63) is 60.2 Å². The van der Waals surface area contributed by atoms with Crippen LogP contribution < -0.4 is 20.5 Å². The van der Waals surface area contributed by atoms with E-state index >= 15 is 0 Å². The minimum absolute atomic E-state index is 0.110. The molecule has 3 amide bonds. The Morgan fingerprint density at radius 2 is 1.73 bits per heavy atom. The molecule has 2 aromatic rings. The molecule has 3 rings (SSSR count). The topological polar surface area (TPSA) is 87.7 Å². The first-order valence-corrected chi connectivity index (χ1v) is 8.18. The number of para-hydroxylation sites is 1. The van der Waals surface area contributed by atoms with Crippen molar-refractivity contribution < 1.29 is 19.1 Å². The molecule has 1 aliphatic rings. The molecule has 0 aliphatic carbocycles. The molecule has 1 atom stereocenters. The molecule has 0 radical (unpaired) electrons. The van der Waals surface area contributed by atoms with Gasteiger partial charge < -0.3 is 9.64 Å². The van der Waals surface area contributed by atoms with Crippen LogP contribution in [-0.4, -0.2) is 31.4 Å². The standard InChI is InChI=1S/C19H19N3O4/c1-26-16-9-7-13(8-10-16)18(24)20-21-19(25)14-11-17(23)22(12-14)15-5-3-2-4-6-15/h2-10,14H,11-12H2,1H3,(H,20,24)(H,21,25)/t14-/m0/s1. The molecule has 1 fully saturated rings. The van der Waals surface area contributed by atoms with Gasteiger partial charge in [0.25, 0.3) is 5.91 Å². The van der Waals surface area contributed by atoms with Crippen LogP contribution in [0.3, 0.4) is 0 Å². The van der Waals surface area contributed by atoms with E-state index in [-0.39, 0.29) is 18.9 Å². The van der Waals surface area contributed by atoms with Crippen molar-refractivity contribution in [1.82, 2.24) is 10.9 Å². The van der Waals surface area contributed by atoms with E-state index in [9.17, 15) is 14.4 Å². The number of ether oxygens (including phenoxy) is 1. The van der Waals surface area contributed by atoms with Crippen molar-refractivity contribution in [2.75, 3.05) is 18.6 Å². The Labute approximate surface area is 150 Å². The summed E-state index contributed by atoms with van der Waals surface area (Å²) in [4.78, 5) is 38.1. The van der Waals surface area contributed by atoms with Crippen LogP contribution in [0.4, 0.5) is 5.69 Å². The number of carbonyl (C=O) groups is 3. The van der Waals surface area contributed by atoms with E-state index < -0.39 is 17.7 Å². The number of nitrogens with one attached hydrogen (secondary N) is 2. The quantitative estimate of drug-likeness (QED) is 0.816. The number of carbonyl (C=O) groups excluding carboxylic acids is 3. The maximum Gasteiger partial charge on any atom is 0.269 e.